The van der Waals surface area contributed by atoms with E-state index in [1.807, 2.05) is 37.8 Å². The molecule has 2 aromatic rings. The fourth-order valence-corrected chi connectivity index (χ4v) is 3.35. The SMILES string of the molecule is Cc1ccc(-c2ccc(N3CCN(C(=O)C(C)(C)C)CC3)nn2)c(C)c1. The molecule has 138 valence electrons. The van der Waals surface area contributed by atoms with Gasteiger partial charge in [-0.25, -0.2) is 0 Å². The number of hydrogen-bond donors (Lipinski definition) is 0. The van der Waals surface area contributed by atoms with E-state index in [2.05, 4.69) is 47.1 Å². The minimum absolute atomic E-state index is 0.216. The van der Waals surface area contributed by atoms with E-state index in [1.54, 1.807) is 0 Å². The topological polar surface area (TPSA) is 49.3 Å². The van der Waals surface area contributed by atoms with Crippen LogP contribution in [0.5, 0.6) is 0 Å². The standard InChI is InChI=1S/C21H28N4O/c1-15-6-7-17(16(2)14-15)18-8-9-19(23-22-18)24-10-12-25(13-11-24)20(26)21(3,4)5/h6-9,14H,10-13H2,1-5H3. The van der Waals surface area contributed by atoms with E-state index in [9.17, 15) is 4.79 Å². The third-order valence-corrected chi connectivity index (χ3v) is 4.84. The number of rotatable bonds is 2. The molecule has 0 saturated carbocycles. The van der Waals surface area contributed by atoms with Gasteiger partial charge in [0.1, 0.15) is 0 Å². The Morgan fingerprint density at radius 1 is 0.962 bits per heavy atom. The lowest BCUT2D eigenvalue weighted by Gasteiger charge is -2.38. The summed E-state index contributed by atoms with van der Waals surface area (Å²) in [4.78, 5) is 16.6. The molecule has 1 fully saturated rings. The van der Waals surface area contributed by atoms with E-state index in [0.717, 1.165) is 43.3 Å². The summed E-state index contributed by atoms with van der Waals surface area (Å²) in [7, 11) is 0. The van der Waals surface area contributed by atoms with Gasteiger partial charge in [0.2, 0.25) is 5.91 Å². The second kappa shape index (κ2) is 7.06. The van der Waals surface area contributed by atoms with Crippen molar-refractivity contribution in [1.82, 2.24) is 15.1 Å². The fourth-order valence-electron chi connectivity index (χ4n) is 3.35. The first-order valence-electron chi connectivity index (χ1n) is 9.21. The van der Waals surface area contributed by atoms with Gasteiger partial charge in [-0.2, -0.15) is 0 Å². The number of hydrogen-bond acceptors (Lipinski definition) is 4. The van der Waals surface area contributed by atoms with Crippen LogP contribution in [0.1, 0.15) is 31.9 Å². The monoisotopic (exact) mass is 352 g/mol. The van der Waals surface area contributed by atoms with Crippen LogP contribution in [0, 0.1) is 19.3 Å². The first-order chi connectivity index (χ1) is 12.3. The normalized spacial score (nSPS) is 15.3. The van der Waals surface area contributed by atoms with E-state index < -0.39 is 0 Å². The molecule has 5 nitrogen and oxygen atoms in total. The highest BCUT2D eigenvalue weighted by Crippen LogP contribution is 2.24. The second-order valence-corrected chi connectivity index (χ2v) is 8.12. The Bertz CT molecular complexity index is 785. The molecule has 26 heavy (non-hydrogen) atoms. The second-order valence-electron chi connectivity index (χ2n) is 8.12. The van der Waals surface area contributed by atoms with Crippen molar-refractivity contribution in [3.05, 3.63) is 41.5 Å². The van der Waals surface area contributed by atoms with Crippen LogP contribution >= 0.6 is 0 Å². The van der Waals surface area contributed by atoms with Crippen LogP contribution in [-0.2, 0) is 4.79 Å². The third kappa shape index (κ3) is 3.87. The summed E-state index contributed by atoms with van der Waals surface area (Å²) in [5, 5.41) is 8.87. The molecule has 0 aliphatic carbocycles. The zero-order valence-corrected chi connectivity index (χ0v) is 16.4. The van der Waals surface area contributed by atoms with Gasteiger partial charge in [0, 0.05) is 37.2 Å². The van der Waals surface area contributed by atoms with Crippen molar-refractivity contribution in [1.29, 1.82) is 0 Å². The van der Waals surface area contributed by atoms with Gasteiger partial charge < -0.3 is 9.80 Å². The van der Waals surface area contributed by atoms with Gasteiger partial charge in [-0.15, -0.1) is 10.2 Å². The van der Waals surface area contributed by atoms with Crippen LogP contribution in [0.15, 0.2) is 30.3 Å². The molecule has 1 aromatic heterocycles. The Labute approximate surface area is 156 Å². The Morgan fingerprint density at radius 3 is 2.19 bits per heavy atom. The lowest BCUT2D eigenvalue weighted by molar-refractivity contribution is -0.139. The van der Waals surface area contributed by atoms with Crippen LogP contribution in [-0.4, -0.2) is 47.2 Å². The molecule has 0 N–H and O–H groups in total. The third-order valence-electron chi connectivity index (χ3n) is 4.84. The summed E-state index contributed by atoms with van der Waals surface area (Å²) in [5.74, 6) is 1.09. The predicted molar refractivity (Wildman–Crippen MR) is 105 cm³/mol. The predicted octanol–water partition coefficient (Wildman–Crippen LogP) is 3.46. The quantitative estimate of drug-likeness (QED) is 0.830. The molecule has 0 atom stereocenters. The largest absolute Gasteiger partial charge is 0.352 e. The number of piperazine rings is 1. The fraction of sp³-hybridized carbons (Fsp3) is 0.476. The number of aryl methyl sites for hydroxylation is 2. The van der Waals surface area contributed by atoms with Crippen molar-refractivity contribution >= 4 is 11.7 Å². The number of anilines is 1. The van der Waals surface area contributed by atoms with Crippen LogP contribution < -0.4 is 4.90 Å². The molecule has 0 bridgehead atoms. The molecule has 3 rings (SSSR count). The molecular weight excluding hydrogens is 324 g/mol. The molecule has 2 heterocycles. The van der Waals surface area contributed by atoms with Crippen molar-refractivity contribution in [3.63, 3.8) is 0 Å². The molecule has 5 heteroatoms. The Kier molecular flexibility index (Phi) is 4.99. The maximum absolute atomic E-state index is 12.4. The summed E-state index contributed by atoms with van der Waals surface area (Å²) in [5.41, 5.74) is 4.15. The zero-order chi connectivity index (χ0) is 18.9. The molecule has 1 aromatic carbocycles. The van der Waals surface area contributed by atoms with Crippen LogP contribution in [0.2, 0.25) is 0 Å². The first-order valence-corrected chi connectivity index (χ1v) is 9.21. The van der Waals surface area contributed by atoms with Gasteiger partial charge in [-0.1, -0.05) is 44.5 Å². The van der Waals surface area contributed by atoms with Crippen LogP contribution in [0.3, 0.4) is 0 Å². The molecule has 0 radical (unpaired) electrons. The minimum atomic E-state index is -0.324. The molecule has 0 unspecified atom stereocenters. The van der Waals surface area contributed by atoms with E-state index in [1.165, 1.54) is 11.1 Å². The lowest BCUT2D eigenvalue weighted by atomic mass is 9.94. The Morgan fingerprint density at radius 2 is 1.65 bits per heavy atom. The number of aromatic nitrogens is 2. The van der Waals surface area contributed by atoms with Gasteiger partial charge in [0.05, 0.1) is 5.69 Å². The highest BCUT2D eigenvalue weighted by atomic mass is 16.2. The van der Waals surface area contributed by atoms with E-state index >= 15 is 0 Å². The zero-order valence-electron chi connectivity index (χ0n) is 16.4. The van der Waals surface area contributed by atoms with Crippen molar-refractivity contribution in [2.24, 2.45) is 5.41 Å². The summed E-state index contributed by atoms with van der Waals surface area (Å²) in [6.45, 7) is 13.2. The smallest absolute Gasteiger partial charge is 0.228 e. The highest BCUT2D eigenvalue weighted by Gasteiger charge is 2.30. The summed E-state index contributed by atoms with van der Waals surface area (Å²) < 4.78 is 0. The van der Waals surface area contributed by atoms with Crippen molar-refractivity contribution in [2.75, 3.05) is 31.1 Å². The molecule has 1 aliphatic heterocycles. The van der Waals surface area contributed by atoms with Gasteiger partial charge in [-0.05, 0) is 31.5 Å². The first kappa shape index (κ1) is 18.4. The molecule has 0 spiro atoms. The number of amides is 1. The van der Waals surface area contributed by atoms with E-state index in [-0.39, 0.29) is 11.3 Å². The summed E-state index contributed by atoms with van der Waals surface area (Å²) in [6.07, 6.45) is 0. The Balaban J connectivity index is 1.68. The summed E-state index contributed by atoms with van der Waals surface area (Å²) >= 11 is 0. The van der Waals surface area contributed by atoms with E-state index in [0.29, 0.717) is 0 Å². The van der Waals surface area contributed by atoms with Gasteiger partial charge in [0.15, 0.2) is 5.82 Å². The Hall–Kier alpha value is -2.43. The lowest BCUT2D eigenvalue weighted by Crippen LogP contribution is -2.51. The number of nitrogens with zero attached hydrogens (tertiary/aromatic N) is 4. The number of benzene rings is 1. The van der Waals surface area contributed by atoms with Crippen molar-refractivity contribution in [2.45, 2.75) is 34.6 Å². The number of carbonyl (C=O) groups is 1. The van der Waals surface area contributed by atoms with Gasteiger partial charge >= 0.3 is 0 Å². The van der Waals surface area contributed by atoms with Crippen molar-refractivity contribution in [3.8, 4) is 11.3 Å². The molecule has 1 saturated heterocycles. The number of carbonyl (C=O) groups excluding carboxylic acids is 1. The van der Waals surface area contributed by atoms with E-state index in [4.69, 9.17) is 0 Å². The van der Waals surface area contributed by atoms with Gasteiger partial charge in [-0.3, -0.25) is 4.79 Å². The molecule has 1 amide bonds. The molecule has 1 aliphatic rings. The average molecular weight is 352 g/mol. The summed E-state index contributed by atoms with van der Waals surface area (Å²) in [6, 6.07) is 10.4. The average Bonchev–Trinajstić information content (AvgIpc) is 2.61. The van der Waals surface area contributed by atoms with Crippen LogP contribution in [0.25, 0.3) is 11.3 Å². The maximum Gasteiger partial charge on any atom is 0.228 e. The van der Waals surface area contributed by atoms with Gasteiger partial charge in [0.25, 0.3) is 0 Å². The van der Waals surface area contributed by atoms with Crippen LogP contribution in [0.4, 0.5) is 5.82 Å². The minimum Gasteiger partial charge on any atom is -0.352 e. The maximum atomic E-state index is 12.4. The molecular formula is C21H28N4O. The highest BCUT2D eigenvalue weighted by molar-refractivity contribution is 5.81. The van der Waals surface area contributed by atoms with Crippen molar-refractivity contribution < 1.29 is 4.79 Å².